The SMILES string of the molecule is CN(C)CCN1CC[C@H]2[C@@H]1CCN2S(=O)(=O)c1cccs1. The molecule has 0 aliphatic carbocycles. The van der Waals surface area contributed by atoms with Gasteiger partial charge in [-0.1, -0.05) is 6.07 Å². The van der Waals surface area contributed by atoms with Gasteiger partial charge in [0.15, 0.2) is 0 Å². The van der Waals surface area contributed by atoms with E-state index in [2.05, 4.69) is 23.9 Å². The van der Waals surface area contributed by atoms with E-state index in [9.17, 15) is 8.42 Å². The fourth-order valence-electron chi connectivity index (χ4n) is 3.47. The molecule has 0 N–H and O–H groups in total. The first-order valence-electron chi connectivity index (χ1n) is 7.44. The minimum atomic E-state index is -3.29. The summed E-state index contributed by atoms with van der Waals surface area (Å²) in [5.74, 6) is 0. The first-order valence-corrected chi connectivity index (χ1v) is 9.76. The van der Waals surface area contributed by atoms with Crippen LogP contribution in [0.5, 0.6) is 0 Å². The predicted octanol–water partition coefficient (Wildman–Crippen LogP) is 1.15. The summed E-state index contributed by atoms with van der Waals surface area (Å²) < 4.78 is 27.7. The van der Waals surface area contributed by atoms with Gasteiger partial charge in [-0.25, -0.2) is 8.42 Å². The largest absolute Gasteiger partial charge is 0.308 e. The van der Waals surface area contributed by atoms with Crippen molar-refractivity contribution in [3.05, 3.63) is 17.5 Å². The topological polar surface area (TPSA) is 43.9 Å². The van der Waals surface area contributed by atoms with E-state index < -0.39 is 10.0 Å². The lowest BCUT2D eigenvalue weighted by Gasteiger charge is -2.26. The lowest BCUT2D eigenvalue weighted by atomic mass is 10.1. The number of rotatable bonds is 5. The third-order valence-electron chi connectivity index (χ3n) is 4.53. The van der Waals surface area contributed by atoms with Crippen LogP contribution in [0.3, 0.4) is 0 Å². The number of likely N-dealkylation sites (tertiary alicyclic amines) is 1. The van der Waals surface area contributed by atoms with Gasteiger partial charge in [-0.05, 0) is 38.4 Å². The van der Waals surface area contributed by atoms with Gasteiger partial charge in [-0.15, -0.1) is 11.3 Å². The minimum Gasteiger partial charge on any atom is -0.308 e. The summed E-state index contributed by atoms with van der Waals surface area (Å²) in [6.07, 6.45) is 1.92. The normalized spacial score (nSPS) is 27.6. The van der Waals surface area contributed by atoms with Crippen molar-refractivity contribution >= 4 is 21.4 Å². The number of likely N-dealkylation sites (N-methyl/N-ethyl adjacent to an activating group) is 1. The number of sulfonamides is 1. The van der Waals surface area contributed by atoms with Gasteiger partial charge in [0.05, 0.1) is 0 Å². The molecule has 2 fully saturated rings. The minimum absolute atomic E-state index is 0.166. The summed E-state index contributed by atoms with van der Waals surface area (Å²) in [5, 5.41) is 1.83. The maximum absolute atomic E-state index is 12.7. The van der Waals surface area contributed by atoms with Crippen LogP contribution in [0.15, 0.2) is 21.7 Å². The zero-order chi connectivity index (χ0) is 15.0. The Morgan fingerprint density at radius 2 is 2.05 bits per heavy atom. The molecule has 1 aromatic rings. The van der Waals surface area contributed by atoms with Crippen LogP contribution in [-0.4, -0.2) is 74.9 Å². The molecule has 3 rings (SSSR count). The Balaban J connectivity index is 1.72. The maximum Gasteiger partial charge on any atom is 0.252 e. The highest BCUT2D eigenvalue weighted by Gasteiger charge is 2.47. The second-order valence-electron chi connectivity index (χ2n) is 6.10. The molecule has 118 valence electrons. The predicted molar refractivity (Wildman–Crippen MR) is 85.1 cm³/mol. The van der Waals surface area contributed by atoms with E-state index in [4.69, 9.17) is 0 Å². The van der Waals surface area contributed by atoms with E-state index in [0.29, 0.717) is 16.8 Å². The molecule has 0 saturated carbocycles. The second-order valence-corrected chi connectivity index (χ2v) is 9.16. The molecule has 0 radical (unpaired) electrons. The molecule has 5 nitrogen and oxygen atoms in total. The molecule has 0 aromatic carbocycles. The molecular formula is C14H23N3O2S2. The van der Waals surface area contributed by atoms with E-state index in [0.717, 1.165) is 32.5 Å². The van der Waals surface area contributed by atoms with Crippen molar-refractivity contribution in [3.63, 3.8) is 0 Å². The van der Waals surface area contributed by atoms with Crippen molar-refractivity contribution in [3.8, 4) is 0 Å². The van der Waals surface area contributed by atoms with E-state index >= 15 is 0 Å². The molecule has 0 amide bonds. The zero-order valence-electron chi connectivity index (χ0n) is 12.6. The number of hydrogen-bond acceptors (Lipinski definition) is 5. The number of fused-ring (bicyclic) bond motifs is 1. The van der Waals surface area contributed by atoms with Crippen LogP contribution < -0.4 is 0 Å². The summed E-state index contributed by atoms with van der Waals surface area (Å²) in [4.78, 5) is 4.65. The summed E-state index contributed by atoms with van der Waals surface area (Å²) >= 11 is 1.32. The maximum atomic E-state index is 12.7. The molecule has 21 heavy (non-hydrogen) atoms. The van der Waals surface area contributed by atoms with Crippen LogP contribution in [0, 0.1) is 0 Å². The van der Waals surface area contributed by atoms with Gasteiger partial charge in [0.25, 0.3) is 10.0 Å². The van der Waals surface area contributed by atoms with Gasteiger partial charge in [0.1, 0.15) is 4.21 Å². The summed E-state index contributed by atoms with van der Waals surface area (Å²) in [6, 6.07) is 4.09. The van der Waals surface area contributed by atoms with Crippen LogP contribution in [0.4, 0.5) is 0 Å². The average Bonchev–Trinajstić information content (AvgIpc) is 3.13. The second kappa shape index (κ2) is 5.96. The van der Waals surface area contributed by atoms with Crippen LogP contribution in [0.25, 0.3) is 0 Å². The molecule has 0 unspecified atom stereocenters. The highest BCUT2D eigenvalue weighted by atomic mass is 32.2. The molecule has 2 aliphatic rings. The first-order chi connectivity index (χ1) is 10.00. The Bertz CT molecular complexity index is 571. The van der Waals surface area contributed by atoms with Crippen LogP contribution in [-0.2, 0) is 10.0 Å². The molecule has 2 saturated heterocycles. The molecule has 2 aliphatic heterocycles. The number of thiophene rings is 1. The fourth-order valence-corrected chi connectivity index (χ4v) is 6.28. The first kappa shape index (κ1) is 15.4. The molecule has 2 atom stereocenters. The van der Waals surface area contributed by atoms with E-state index in [1.54, 1.807) is 10.4 Å². The molecule has 7 heteroatoms. The van der Waals surface area contributed by atoms with Crippen molar-refractivity contribution in [1.29, 1.82) is 0 Å². The van der Waals surface area contributed by atoms with E-state index in [1.165, 1.54) is 11.3 Å². The Labute approximate surface area is 131 Å². The molecule has 0 bridgehead atoms. The van der Waals surface area contributed by atoms with Crippen molar-refractivity contribution < 1.29 is 8.42 Å². The molecule has 3 heterocycles. The average molecular weight is 329 g/mol. The van der Waals surface area contributed by atoms with Crippen LogP contribution >= 0.6 is 11.3 Å². The third kappa shape index (κ3) is 2.90. The standard InChI is InChI=1S/C14H23N3O2S2/c1-15(2)9-10-16-7-5-13-12(16)6-8-17(13)21(18,19)14-4-3-11-20-14/h3-4,11-13H,5-10H2,1-2H3/t12-,13-/m0/s1. The van der Waals surface area contributed by atoms with Crippen molar-refractivity contribution in [2.24, 2.45) is 0 Å². The Hall–Kier alpha value is -0.470. The molecule has 1 aromatic heterocycles. The smallest absolute Gasteiger partial charge is 0.252 e. The van der Waals surface area contributed by atoms with Gasteiger partial charge < -0.3 is 4.90 Å². The lowest BCUT2D eigenvalue weighted by molar-refractivity contribution is 0.222. The zero-order valence-corrected chi connectivity index (χ0v) is 14.2. The highest BCUT2D eigenvalue weighted by molar-refractivity contribution is 7.91. The van der Waals surface area contributed by atoms with Crippen molar-refractivity contribution in [1.82, 2.24) is 14.1 Å². The van der Waals surface area contributed by atoms with Crippen molar-refractivity contribution in [2.75, 3.05) is 40.3 Å². The number of nitrogens with zero attached hydrogens (tertiary/aromatic N) is 3. The lowest BCUT2D eigenvalue weighted by Crippen LogP contribution is -2.41. The van der Waals surface area contributed by atoms with Gasteiger partial charge in [0.2, 0.25) is 0 Å². The van der Waals surface area contributed by atoms with Crippen molar-refractivity contribution in [2.45, 2.75) is 29.1 Å². The van der Waals surface area contributed by atoms with Gasteiger partial charge in [0, 0.05) is 38.3 Å². The Morgan fingerprint density at radius 3 is 2.71 bits per heavy atom. The van der Waals surface area contributed by atoms with Gasteiger partial charge in [-0.3, -0.25) is 4.90 Å². The quantitative estimate of drug-likeness (QED) is 0.813. The molecule has 0 spiro atoms. The van der Waals surface area contributed by atoms with Gasteiger partial charge >= 0.3 is 0 Å². The highest BCUT2D eigenvalue weighted by Crippen LogP contribution is 2.36. The fraction of sp³-hybridized carbons (Fsp3) is 0.714. The van der Waals surface area contributed by atoms with E-state index in [1.807, 2.05) is 11.4 Å². The number of hydrogen-bond donors (Lipinski definition) is 0. The third-order valence-corrected chi connectivity index (χ3v) is 7.83. The van der Waals surface area contributed by atoms with E-state index in [-0.39, 0.29) is 6.04 Å². The molecular weight excluding hydrogens is 306 g/mol. The summed E-state index contributed by atoms with van der Waals surface area (Å²) in [7, 11) is 0.869. The van der Waals surface area contributed by atoms with Crippen LogP contribution in [0.2, 0.25) is 0 Å². The summed E-state index contributed by atoms with van der Waals surface area (Å²) in [6.45, 7) is 3.73. The van der Waals surface area contributed by atoms with Gasteiger partial charge in [-0.2, -0.15) is 4.31 Å². The summed E-state index contributed by atoms with van der Waals surface area (Å²) in [5.41, 5.74) is 0. The van der Waals surface area contributed by atoms with Crippen LogP contribution in [0.1, 0.15) is 12.8 Å². The Kier molecular flexibility index (Phi) is 4.38. The Morgan fingerprint density at radius 1 is 1.29 bits per heavy atom. The monoisotopic (exact) mass is 329 g/mol.